The molecule has 0 saturated heterocycles. The van der Waals surface area contributed by atoms with Crippen LogP contribution in [0.15, 0.2) is 88.1 Å². The fourth-order valence-corrected chi connectivity index (χ4v) is 5.75. The number of carbonyl (C=O) groups is 3. The van der Waals surface area contributed by atoms with Crippen LogP contribution >= 0.6 is 34.4 Å². The molecular formula is C28H26N4O3S3. The van der Waals surface area contributed by atoms with Crippen molar-refractivity contribution in [3.05, 3.63) is 99.3 Å². The van der Waals surface area contributed by atoms with Gasteiger partial charge in [0.2, 0.25) is 5.91 Å². The second kappa shape index (κ2) is 13.2. The van der Waals surface area contributed by atoms with Gasteiger partial charge >= 0.3 is 0 Å². The number of hydrogen-bond donors (Lipinski definition) is 3. The molecule has 0 fully saturated rings. The van der Waals surface area contributed by atoms with Gasteiger partial charge in [0, 0.05) is 26.4 Å². The molecule has 2 aromatic heterocycles. The molecule has 2 aromatic carbocycles. The minimum absolute atomic E-state index is 0.119. The highest BCUT2D eigenvalue weighted by molar-refractivity contribution is 8.00. The normalized spacial score (nSPS) is 12.0. The van der Waals surface area contributed by atoms with Crippen molar-refractivity contribution >= 4 is 69.1 Å². The molecule has 0 aliphatic carbocycles. The van der Waals surface area contributed by atoms with E-state index in [1.54, 1.807) is 36.4 Å². The van der Waals surface area contributed by atoms with Gasteiger partial charge in [0.05, 0.1) is 10.9 Å². The van der Waals surface area contributed by atoms with Crippen molar-refractivity contribution in [3.63, 3.8) is 0 Å². The monoisotopic (exact) mass is 562 g/mol. The van der Waals surface area contributed by atoms with E-state index in [0.29, 0.717) is 22.8 Å². The van der Waals surface area contributed by atoms with Crippen LogP contribution in [0.4, 0.5) is 10.8 Å². The average molecular weight is 563 g/mol. The maximum absolute atomic E-state index is 13.2. The number of rotatable bonds is 10. The van der Waals surface area contributed by atoms with Crippen molar-refractivity contribution in [2.75, 3.05) is 10.6 Å². The summed E-state index contributed by atoms with van der Waals surface area (Å²) < 4.78 is 0. The molecule has 0 saturated carbocycles. The van der Waals surface area contributed by atoms with Crippen molar-refractivity contribution in [3.8, 4) is 0 Å². The number of thiophene rings is 1. The van der Waals surface area contributed by atoms with Gasteiger partial charge in [-0.15, -0.1) is 34.4 Å². The maximum Gasteiger partial charge on any atom is 0.272 e. The lowest BCUT2D eigenvalue weighted by Crippen LogP contribution is -2.30. The van der Waals surface area contributed by atoms with Crippen molar-refractivity contribution in [1.29, 1.82) is 0 Å². The Kier molecular flexibility index (Phi) is 9.47. The van der Waals surface area contributed by atoms with E-state index in [9.17, 15) is 14.4 Å². The van der Waals surface area contributed by atoms with Crippen LogP contribution in [0.5, 0.6) is 0 Å². The van der Waals surface area contributed by atoms with Gasteiger partial charge in [0.1, 0.15) is 5.70 Å². The molecular weight excluding hydrogens is 537 g/mol. The number of anilines is 2. The third kappa shape index (κ3) is 7.64. The minimum atomic E-state index is -0.450. The van der Waals surface area contributed by atoms with E-state index in [1.165, 1.54) is 34.4 Å². The molecule has 3 amide bonds. The lowest BCUT2D eigenvalue weighted by atomic mass is 10.2. The van der Waals surface area contributed by atoms with Gasteiger partial charge < -0.3 is 16.0 Å². The molecule has 0 radical (unpaired) electrons. The van der Waals surface area contributed by atoms with Crippen LogP contribution in [0.1, 0.15) is 34.3 Å². The van der Waals surface area contributed by atoms with Crippen LogP contribution < -0.4 is 16.0 Å². The Bertz CT molecular complexity index is 1430. The molecule has 194 valence electrons. The molecule has 38 heavy (non-hydrogen) atoms. The molecule has 0 spiro atoms. The van der Waals surface area contributed by atoms with Gasteiger partial charge in [-0.2, -0.15) is 0 Å². The summed E-state index contributed by atoms with van der Waals surface area (Å²) in [5, 5.41) is 12.5. The average Bonchev–Trinajstić information content (AvgIpc) is 3.59. The first kappa shape index (κ1) is 27.3. The Labute approximate surface area is 233 Å². The Morgan fingerprint density at radius 2 is 1.82 bits per heavy atom. The van der Waals surface area contributed by atoms with E-state index in [0.717, 1.165) is 15.5 Å². The summed E-state index contributed by atoms with van der Waals surface area (Å²) >= 11 is 4.27. The number of nitrogens with one attached hydrogen (secondary N) is 3. The van der Waals surface area contributed by atoms with E-state index in [-0.39, 0.29) is 22.8 Å². The number of thiazole rings is 1. The number of carbonyl (C=O) groups excluding carboxylic acids is 3. The Morgan fingerprint density at radius 1 is 1.00 bits per heavy atom. The van der Waals surface area contributed by atoms with Gasteiger partial charge in [0.25, 0.3) is 11.8 Å². The van der Waals surface area contributed by atoms with Crippen LogP contribution in [0.3, 0.4) is 0 Å². The standard InChI is InChI=1S/C28H26N4O3S3/c1-3-24(27(35)32-28-29-18(2)17-37-28)38-22-12-7-11-20(15-22)30-26(34)23(16-21-13-8-14-36-21)31-25(33)19-9-5-4-6-10-19/h4-17,24H,3H2,1-2H3,(H,30,34)(H,31,33)(H,29,32,35)/b23-16-. The Balaban J connectivity index is 1.46. The van der Waals surface area contributed by atoms with E-state index in [2.05, 4.69) is 20.9 Å². The van der Waals surface area contributed by atoms with E-state index in [4.69, 9.17) is 0 Å². The summed E-state index contributed by atoms with van der Waals surface area (Å²) in [5.41, 5.74) is 2.00. The van der Waals surface area contributed by atoms with E-state index >= 15 is 0 Å². The number of amides is 3. The summed E-state index contributed by atoms with van der Waals surface area (Å²) in [5.74, 6) is -0.945. The number of benzene rings is 2. The summed E-state index contributed by atoms with van der Waals surface area (Å²) in [6.45, 7) is 3.83. The first-order valence-corrected chi connectivity index (χ1v) is 14.5. The van der Waals surface area contributed by atoms with Gasteiger partial charge in [-0.25, -0.2) is 4.98 Å². The van der Waals surface area contributed by atoms with Crippen molar-refractivity contribution in [2.45, 2.75) is 30.4 Å². The fraction of sp³-hybridized carbons (Fsp3) is 0.143. The second-order valence-electron chi connectivity index (χ2n) is 8.17. The van der Waals surface area contributed by atoms with Gasteiger partial charge in [-0.05, 0) is 61.2 Å². The largest absolute Gasteiger partial charge is 0.321 e. The van der Waals surface area contributed by atoms with Crippen LogP contribution in [0, 0.1) is 6.92 Å². The Morgan fingerprint density at radius 3 is 2.50 bits per heavy atom. The molecule has 0 aliphatic heterocycles. The fourth-order valence-electron chi connectivity index (χ4n) is 3.39. The highest BCUT2D eigenvalue weighted by Crippen LogP contribution is 2.29. The van der Waals surface area contributed by atoms with E-state index < -0.39 is 5.91 Å². The van der Waals surface area contributed by atoms with Crippen LogP contribution in [-0.4, -0.2) is 28.0 Å². The van der Waals surface area contributed by atoms with E-state index in [1.807, 2.05) is 61.0 Å². The number of hydrogen-bond acceptors (Lipinski definition) is 7. The quantitative estimate of drug-likeness (QED) is 0.153. The van der Waals surface area contributed by atoms with Crippen LogP contribution in [0.25, 0.3) is 6.08 Å². The molecule has 3 N–H and O–H groups in total. The first-order chi connectivity index (χ1) is 18.4. The van der Waals surface area contributed by atoms with Gasteiger partial charge in [0.15, 0.2) is 5.13 Å². The molecule has 0 bridgehead atoms. The predicted molar refractivity (Wildman–Crippen MR) is 157 cm³/mol. The molecule has 7 nitrogen and oxygen atoms in total. The van der Waals surface area contributed by atoms with Gasteiger partial charge in [-0.1, -0.05) is 37.3 Å². The van der Waals surface area contributed by atoms with Crippen molar-refractivity contribution in [2.24, 2.45) is 0 Å². The minimum Gasteiger partial charge on any atom is -0.321 e. The number of thioether (sulfide) groups is 1. The summed E-state index contributed by atoms with van der Waals surface area (Å²) in [6, 6.07) is 19.8. The molecule has 0 aliphatic rings. The zero-order chi connectivity index (χ0) is 26.9. The SMILES string of the molecule is CCC(Sc1cccc(NC(=O)/C(=C/c2cccs2)NC(=O)c2ccccc2)c1)C(=O)Nc1nc(C)cs1. The highest BCUT2D eigenvalue weighted by atomic mass is 32.2. The zero-order valence-corrected chi connectivity index (χ0v) is 23.2. The number of aryl methyl sites for hydroxylation is 1. The summed E-state index contributed by atoms with van der Waals surface area (Å²) in [6.07, 6.45) is 2.27. The smallest absolute Gasteiger partial charge is 0.272 e. The number of aromatic nitrogens is 1. The predicted octanol–water partition coefficient (Wildman–Crippen LogP) is 6.43. The molecule has 4 aromatic rings. The van der Waals surface area contributed by atoms with Crippen LogP contribution in [-0.2, 0) is 9.59 Å². The zero-order valence-electron chi connectivity index (χ0n) is 20.8. The molecule has 2 heterocycles. The highest BCUT2D eigenvalue weighted by Gasteiger charge is 2.20. The number of nitrogens with zero attached hydrogens (tertiary/aromatic N) is 1. The van der Waals surface area contributed by atoms with Crippen molar-refractivity contribution < 1.29 is 14.4 Å². The summed E-state index contributed by atoms with van der Waals surface area (Å²) in [7, 11) is 0. The maximum atomic E-state index is 13.2. The first-order valence-electron chi connectivity index (χ1n) is 11.8. The lowest BCUT2D eigenvalue weighted by Gasteiger charge is -2.15. The topological polar surface area (TPSA) is 100 Å². The third-order valence-corrected chi connectivity index (χ3v) is 8.29. The Hall–Kier alpha value is -3.73. The third-order valence-electron chi connectivity index (χ3n) is 5.24. The molecule has 1 unspecified atom stereocenters. The summed E-state index contributed by atoms with van der Waals surface area (Å²) in [4.78, 5) is 44.8. The van der Waals surface area contributed by atoms with Crippen LogP contribution in [0.2, 0.25) is 0 Å². The van der Waals surface area contributed by atoms with Crippen molar-refractivity contribution in [1.82, 2.24) is 10.3 Å². The second-order valence-corrected chi connectivity index (χ2v) is 11.3. The molecule has 4 rings (SSSR count). The lowest BCUT2D eigenvalue weighted by molar-refractivity contribution is -0.116. The molecule has 10 heteroatoms. The van der Waals surface area contributed by atoms with Gasteiger partial charge in [-0.3, -0.25) is 14.4 Å². The molecule has 1 atom stereocenters.